The van der Waals surface area contributed by atoms with E-state index >= 15 is 0 Å². The number of thiophene rings is 1. The lowest BCUT2D eigenvalue weighted by atomic mass is 10.2. The van der Waals surface area contributed by atoms with Crippen LogP contribution in [0.15, 0.2) is 48.0 Å². The van der Waals surface area contributed by atoms with Crippen LogP contribution in [0.4, 0.5) is 15.8 Å². The molecule has 4 N–H and O–H groups in total. The predicted molar refractivity (Wildman–Crippen MR) is 134 cm³/mol. The lowest BCUT2D eigenvalue weighted by molar-refractivity contribution is 0.0346. The number of anilines is 3. The van der Waals surface area contributed by atoms with Crippen molar-refractivity contribution in [3.63, 3.8) is 0 Å². The van der Waals surface area contributed by atoms with E-state index < -0.39 is 5.91 Å². The SMILES string of the molecule is NC(=O)c1nc(Nc2cccc3cccnc23)sc1NC(=O)c1csc(CN2CCOCC2)c1. The maximum Gasteiger partial charge on any atom is 0.270 e. The minimum Gasteiger partial charge on any atom is -0.379 e. The molecule has 5 rings (SSSR count). The molecule has 11 heteroatoms. The smallest absolute Gasteiger partial charge is 0.270 e. The lowest BCUT2D eigenvalue weighted by Gasteiger charge is -2.25. The highest BCUT2D eigenvalue weighted by molar-refractivity contribution is 7.20. The number of primary amides is 1. The fourth-order valence-electron chi connectivity index (χ4n) is 3.68. The van der Waals surface area contributed by atoms with Gasteiger partial charge in [0.05, 0.1) is 30.0 Å². The molecule has 2 amide bonds. The standard InChI is InChI=1S/C23H22N6O3S2/c24-20(30)19-22(28-21(31)15-11-16(33-13-15)12-29-7-9-32-10-8-29)34-23(27-19)26-17-5-1-3-14-4-2-6-25-18(14)17/h1-6,11,13H,7-10,12H2,(H2,24,30)(H,26,27)(H,28,31). The molecule has 1 aliphatic rings. The zero-order valence-electron chi connectivity index (χ0n) is 18.1. The van der Waals surface area contributed by atoms with Crippen LogP contribution in [0.5, 0.6) is 0 Å². The van der Waals surface area contributed by atoms with Crippen molar-refractivity contribution in [1.82, 2.24) is 14.9 Å². The first kappa shape index (κ1) is 22.4. The van der Waals surface area contributed by atoms with Crippen molar-refractivity contribution < 1.29 is 14.3 Å². The van der Waals surface area contributed by atoms with Crippen LogP contribution in [0, 0.1) is 0 Å². The second kappa shape index (κ2) is 9.85. The zero-order valence-corrected chi connectivity index (χ0v) is 19.7. The molecule has 0 saturated carbocycles. The summed E-state index contributed by atoms with van der Waals surface area (Å²) in [6.45, 7) is 3.99. The van der Waals surface area contributed by atoms with Gasteiger partial charge in [-0.3, -0.25) is 19.5 Å². The van der Waals surface area contributed by atoms with Crippen molar-refractivity contribution in [2.24, 2.45) is 5.73 Å². The summed E-state index contributed by atoms with van der Waals surface area (Å²) in [6.07, 6.45) is 1.71. The molecule has 1 saturated heterocycles. The highest BCUT2D eigenvalue weighted by atomic mass is 32.1. The summed E-state index contributed by atoms with van der Waals surface area (Å²) in [5.74, 6) is -1.03. The summed E-state index contributed by atoms with van der Waals surface area (Å²) in [7, 11) is 0. The molecular weight excluding hydrogens is 472 g/mol. The van der Waals surface area contributed by atoms with Gasteiger partial charge in [0.25, 0.3) is 11.8 Å². The third-order valence-electron chi connectivity index (χ3n) is 5.36. The monoisotopic (exact) mass is 494 g/mol. The molecule has 0 spiro atoms. The summed E-state index contributed by atoms with van der Waals surface area (Å²) < 4.78 is 5.38. The van der Waals surface area contributed by atoms with Gasteiger partial charge in [0.15, 0.2) is 10.8 Å². The Bertz CT molecular complexity index is 1340. The topological polar surface area (TPSA) is 122 Å². The van der Waals surface area contributed by atoms with E-state index in [1.165, 1.54) is 11.3 Å². The number of morpholine rings is 1. The van der Waals surface area contributed by atoms with Crippen molar-refractivity contribution in [3.8, 4) is 0 Å². The number of hydrogen-bond acceptors (Lipinski definition) is 9. The molecule has 1 aromatic carbocycles. The van der Waals surface area contributed by atoms with Crippen molar-refractivity contribution in [2.75, 3.05) is 36.9 Å². The number of pyridine rings is 1. The first-order valence-electron chi connectivity index (χ1n) is 10.7. The van der Waals surface area contributed by atoms with Crippen LogP contribution >= 0.6 is 22.7 Å². The van der Waals surface area contributed by atoms with Crippen LogP contribution in [-0.4, -0.2) is 53.0 Å². The number of nitrogens with one attached hydrogen (secondary N) is 2. The van der Waals surface area contributed by atoms with Gasteiger partial charge >= 0.3 is 0 Å². The first-order chi connectivity index (χ1) is 16.6. The summed E-state index contributed by atoms with van der Waals surface area (Å²) >= 11 is 2.68. The Hall–Kier alpha value is -3.38. The Morgan fingerprint density at radius 1 is 1.18 bits per heavy atom. The fraction of sp³-hybridized carbons (Fsp3) is 0.217. The summed E-state index contributed by atoms with van der Waals surface area (Å²) in [4.78, 5) is 37.0. The largest absolute Gasteiger partial charge is 0.379 e. The second-order valence-corrected chi connectivity index (χ2v) is 9.71. The van der Waals surface area contributed by atoms with E-state index in [1.54, 1.807) is 6.20 Å². The number of benzene rings is 1. The van der Waals surface area contributed by atoms with Crippen LogP contribution in [0.1, 0.15) is 25.7 Å². The van der Waals surface area contributed by atoms with Crippen LogP contribution in [0.25, 0.3) is 10.9 Å². The van der Waals surface area contributed by atoms with E-state index in [9.17, 15) is 9.59 Å². The molecule has 9 nitrogen and oxygen atoms in total. The van der Waals surface area contributed by atoms with Gasteiger partial charge in [-0.15, -0.1) is 11.3 Å². The second-order valence-electron chi connectivity index (χ2n) is 7.71. The van der Waals surface area contributed by atoms with Crippen LogP contribution in [0.2, 0.25) is 0 Å². The number of nitrogens with zero attached hydrogens (tertiary/aromatic N) is 3. The number of carbonyl (C=O) groups is 2. The molecular formula is C23H22N6O3S2. The van der Waals surface area contributed by atoms with E-state index in [4.69, 9.17) is 10.5 Å². The van der Waals surface area contributed by atoms with Gasteiger partial charge in [0.1, 0.15) is 5.00 Å². The van der Waals surface area contributed by atoms with Crippen LogP contribution in [-0.2, 0) is 11.3 Å². The van der Waals surface area contributed by atoms with E-state index in [1.807, 2.05) is 41.8 Å². The molecule has 0 unspecified atom stereocenters. The van der Waals surface area contributed by atoms with Gasteiger partial charge in [0.2, 0.25) is 0 Å². The summed E-state index contributed by atoms with van der Waals surface area (Å²) in [5, 5.41) is 9.52. The van der Waals surface area contributed by atoms with Crippen LogP contribution < -0.4 is 16.4 Å². The lowest BCUT2D eigenvalue weighted by Crippen LogP contribution is -2.35. The average Bonchev–Trinajstić information content (AvgIpc) is 3.47. The maximum absolute atomic E-state index is 12.9. The highest BCUT2D eigenvalue weighted by Crippen LogP contribution is 2.33. The van der Waals surface area contributed by atoms with Crippen molar-refractivity contribution in [3.05, 3.63) is 64.1 Å². The summed E-state index contributed by atoms with van der Waals surface area (Å²) in [6, 6.07) is 11.4. The number of fused-ring (bicyclic) bond motifs is 1. The van der Waals surface area contributed by atoms with E-state index in [0.717, 1.165) is 65.7 Å². The van der Waals surface area contributed by atoms with Gasteiger partial charge in [-0.05, 0) is 18.2 Å². The minimum atomic E-state index is -0.714. The van der Waals surface area contributed by atoms with E-state index in [0.29, 0.717) is 15.7 Å². The molecule has 4 heterocycles. The third-order valence-corrected chi connectivity index (χ3v) is 7.17. The molecule has 0 atom stereocenters. The maximum atomic E-state index is 12.9. The molecule has 4 aromatic rings. The fourth-order valence-corrected chi connectivity index (χ4v) is 5.47. The van der Waals surface area contributed by atoms with Crippen molar-refractivity contribution in [1.29, 1.82) is 0 Å². The Labute approximate surface area is 203 Å². The van der Waals surface area contributed by atoms with Gasteiger partial charge in [0, 0.05) is 41.5 Å². The third kappa shape index (κ3) is 4.92. The summed E-state index contributed by atoms with van der Waals surface area (Å²) in [5.41, 5.74) is 7.60. The Morgan fingerprint density at radius 3 is 2.82 bits per heavy atom. The first-order valence-corrected chi connectivity index (χ1v) is 12.4. The molecule has 3 aromatic heterocycles. The number of nitrogens with two attached hydrogens (primary N) is 1. The van der Waals surface area contributed by atoms with Crippen molar-refractivity contribution in [2.45, 2.75) is 6.54 Å². The van der Waals surface area contributed by atoms with Gasteiger partial charge in [-0.2, -0.15) is 0 Å². The molecule has 34 heavy (non-hydrogen) atoms. The highest BCUT2D eigenvalue weighted by Gasteiger charge is 2.20. The number of ether oxygens (including phenoxy) is 1. The van der Waals surface area contributed by atoms with Gasteiger partial charge in [-0.1, -0.05) is 29.5 Å². The number of aromatic nitrogens is 2. The quantitative estimate of drug-likeness (QED) is 0.358. The molecule has 174 valence electrons. The molecule has 1 aliphatic heterocycles. The Balaban J connectivity index is 1.32. The number of amides is 2. The molecule has 0 aliphatic carbocycles. The molecule has 0 bridgehead atoms. The number of carbonyl (C=O) groups excluding carboxylic acids is 2. The van der Waals surface area contributed by atoms with E-state index in [2.05, 4.69) is 25.5 Å². The number of thiazole rings is 1. The number of para-hydroxylation sites is 1. The Kier molecular flexibility index (Phi) is 6.50. The van der Waals surface area contributed by atoms with Gasteiger partial charge < -0.3 is 21.1 Å². The average molecular weight is 495 g/mol. The Morgan fingerprint density at radius 2 is 2.00 bits per heavy atom. The molecule has 0 radical (unpaired) electrons. The normalized spacial score (nSPS) is 14.2. The zero-order chi connectivity index (χ0) is 23.5. The van der Waals surface area contributed by atoms with Gasteiger partial charge in [-0.25, -0.2) is 4.98 Å². The number of hydrogen-bond donors (Lipinski definition) is 3. The van der Waals surface area contributed by atoms with Crippen LogP contribution in [0.3, 0.4) is 0 Å². The number of rotatable bonds is 7. The molecule has 1 fully saturated rings. The van der Waals surface area contributed by atoms with Crippen molar-refractivity contribution >= 4 is 61.2 Å². The minimum absolute atomic E-state index is 0.0119. The van der Waals surface area contributed by atoms with E-state index in [-0.39, 0.29) is 11.6 Å². The predicted octanol–water partition coefficient (Wildman–Crippen LogP) is 3.68.